The minimum Gasteiger partial charge on any atom is -0.389 e. The number of halogens is 1. The lowest BCUT2D eigenvalue weighted by Crippen LogP contribution is -2.51. The van der Waals surface area contributed by atoms with Crippen molar-refractivity contribution in [3.05, 3.63) is 28.2 Å². The summed E-state index contributed by atoms with van der Waals surface area (Å²) < 4.78 is 0.991. The second-order valence-electron chi connectivity index (χ2n) is 5.31. The van der Waals surface area contributed by atoms with Crippen molar-refractivity contribution in [2.75, 3.05) is 31.1 Å². The van der Waals surface area contributed by atoms with E-state index in [2.05, 4.69) is 51.7 Å². The third kappa shape index (κ3) is 3.30. The van der Waals surface area contributed by atoms with Gasteiger partial charge in [0.25, 0.3) is 0 Å². The lowest BCUT2D eigenvalue weighted by Gasteiger charge is -2.40. The van der Waals surface area contributed by atoms with E-state index in [-0.39, 0.29) is 0 Å². The van der Waals surface area contributed by atoms with Gasteiger partial charge in [-0.1, -0.05) is 28.9 Å². The lowest BCUT2D eigenvalue weighted by atomic mass is 10.1. The molecule has 0 spiro atoms. The van der Waals surface area contributed by atoms with Crippen LogP contribution in [0.2, 0.25) is 0 Å². The molecule has 1 unspecified atom stereocenters. The molecule has 2 atom stereocenters. The summed E-state index contributed by atoms with van der Waals surface area (Å²) in [6.45, 7) is 10.7. The topological polar surface area (TPSA) is 26.7 Å². The Balaban J connectivity index is 2.13. The predicted octanol–water partition coefficient (Wildman–Crippen LogP) is 3.03. The first kappa shape index (κ1) is 14.8. The maximum Gasteiger partial charge on any atom is 0.0772 e. The van der Waals surface area contributed by atoms with E-state index in [1.165, 1.54) is 5.69 Å². The average Bonchev–Trinajstić information content (AvgIpc) is 2.38. The molecule has 0 aliphatic carbocycles. The number of anilines is 1. The van der Waals surface area contributed by atoms with E-state index in [1.807, 2.05) is 6.07 Å². The van der Waals surface area contributed by atoms with Crippen molar-refractivity contribution in [3.8, 4) is 0 Å². The fourth-order valence-corrected chi connectivity index (χ4v) is 3.45. The summed E-state index contributed by atoms with van der Waals surface area (Å²) in [5, 5.41) is 9.66. The van der Waals surface area contributed by atoms with Gasteiger partial charge in [0.2, 0.25) is 0 Å². The first-order valence-electron chi connectivity index (χ1n) is 6.99. The first-order chi connectivity index (χ1) is 9.02. The van der Waals surface area contributed by atoms with Gasteiger partial charge in [0.05, 0.1) is 6.10 Å². The fourth-order valence-electron chi connectivity index (χ4n) is 2.75. The Morgan fingerprint density at radius 1 is 1.42 bits per heavy atom. The number of nitrogens with zero attached hydrogens (tertiary/aromatic N) is 2. The molecule has 0 amide bonds. The van der Waals surface area contributed by atoms with Crippen molar-refractivity contribution in [1.29, 1.82) is 0 Å². The molecule has 106 valence electrons. The van der Waals surface area contributed by atoms with Gasteiger partial charge in [-0.15, -0.1) is 0 Å². The molecule has 19 heavy (non-hydrogen) atoms. The number of aliphatic hydroxyl groups is 1. The van der Waals surface area contributed by atoms with Crippen molar-refractivity contribution in [3.63, 3.8) is 0 Å². The van der Waals surface area contributed by atoms with Crippen LogP contribution in [0.25, 0.3) is 0 Å². The van der Waals surface area contributed by atoms with Crippen LogP contribution in [0.3, 0.4) is 0 Å². The number of hydrogen-bond donors (Lipinski definition) is 1. The van der Waals surface area contributed by atoms with Crippen molar-refractivity contribution in [1.82, 2.24) is 4.90 Å². The third-order valence-electron chi connectivity index (χ3n) is 3.97. The van der Waals surface area contributed by atoms with Crippen LogP contribution in [0.1, 0.15) is 32.4 Å². The normalized spacial score (nSPS) is 22.6. The molecule has 0 bridgehead atoms. The summed E-state index contributed by atoms with van der Waals surface area (Å²) in [4.78, 5) is 4.93. The molecule has 1 aliphatic rings. The Morgan fingerprint density at radius 3 is 2.68 bits per heavy atom. The van der Waals surface area contributed by atoms with Gasteiger partial charge in [-0.2, -0.15) is 0 Å². The largest absolute Gasteiger partial charge is 0.389 e. The second-order valence-corrected chi connectivity index (χ2v) is 6.16. The van der Waals surface area contributed by atoms with Crippen LogP contribution in [0.4, 0.5) is 5.69 Å². The molecule has 1 aromatic carbocycles. The molecule has 1 fully saturated rings. The van der Waals surface area contributed by atoms with Crippen LogP contribution in [-0.4, -0.2) is 42.2 Å². The maximum atomic E-state index is 9.66. The summed E-state index contributed by atoms with van der Waals surface area (Å²) in [7, 11) is 0. The van der Waals surface area contributed by atoms with Crippen LogP contribution in [0, 0.1) is 0 Å². The van der Waals surface area contributed by atoms with Crippen LogP contribution < -0.4 is 4.90 Å². The summed E-state index contributed by atoms with van der Waals surface area (Å²) in [5.74, 6) is 0. The highest BCUT2D eigenvalue weighted by Gasteiger charge is 2.22. The SMILES string of the molecule is CCN1CCN(c2ccc([C@@H](C)O)c(Br)c2)CC1C. The van der Waals surface area contributed by atoms with Gasteiger partial charge in [0.1, 0.15) is 0 Å². The molecule has 0 saturated carbocycles. The summed E-state index contributed by atoms with van der Waals surface area (Å²) >= 11 is 3.56. The quantitative estimate of drug-likeness (QED) is 0.924. The lowest BCUT2D eigenvalue weighted by molar-refractivity contribution is 0.197. The first-order valence-corrected chi connectivity index (χ1v) is 7.78. The second kappa shape index (κ2) is 6.25. The van der Waals surface area contributed by atoms with Crippen molar-refractivity contribution < 1.29 is 5.11 Å². The molecule has 1 heterocycles. The number of aliphatic hydroxyl groups excluding tert-OH is 1. The zero-order valence-corrected chi connectivity index (χ0v) is 13.5. The zero-order chi connectivity index (χ0) is 14.0. The minimum absolute atomic E-state index is 0.431. The van der Waals surface area contributed by atoms with E-state index < -0.39 is 6.10 Å². The van der Waals surface area contributed by atoms with E-state index in [0.717, 1.165) is 36.2 Å². The van der Waals surface area contributed by atoms with Crippen LogP contribution in [-0.2, 0) is 0 Å². The minimum atomic E-state index is -0.431. The van der Waals surface area contributed by atoms with E-state index in [4.69, 9.17) is 0 Å². The fraction of sp³-hybridized carbons (Fsp3) is 0.600. The van der Waals surface area contributed by atoms with Crippen molar-refractivity contribution in [2.24, 2.45) is 0 Å². The monoisotopic (exact) mass is 326 g/mol. The molecule has 2 rings (SSSR count). The molecule has 1 aliphatic heterocycles. The van der Waals surface area contributed by atoms with E-state index >= 15 is 0 Å². The third-order valence-corrected chi connectivity index (χ3v) is 4.66. The van der Waals surface area contributed by atoms with E-state index in [0.29, 0.717) is 6.04 Å². The number of piperazine rings is 1. The highest BCUT2D eigenvalue weighted by molar-refractivity contribution is 9.10. The van der Waals surface area contributed by atoms with Gasteiger partial charge in [-0.05, 0) is 38.1 Å². The van der Waals surface area contributed by atoms with Crippen LogP contribution >= 0.6 is 15.9 Å². The Hall–Kier alpha value is -0.580. The molecule has 1 N–H and O–H groups in total. The highest BCUT2D eigenvalue weighted by atomic mass is 79.9. The van der Waals surface area contributed by atoms with E-state index in [1.54, 1.807) is 6.92 Å². The molecule has 1 saturated heterocycles. The number of hydrogen-bond acceptors (Lipinski definition) is 3. The van der Waals surface area contributed by atoms with Crippen LogP contribution in [0.5, 0.6) is 0 Å². The molecule has 4 heteroatoms. The smallest absolute Gasteiger partial charge is 0.0772 e. The Labute approximate surface area is 124 Å². The standard InChI is InChI=1S/C15H23BrN2O/c1-4-17-7-8-18(10-11(17)2)13-5-6-14(12(3)19)15(16)9-13/h5-6,9,11-12,19H,4,7-8,10H2,1-3H3/t11?,12-/m1/s1. The average molecular weight is 327 g/mol. The summed E-state index contributed by atoms with van der Waals surface area (Å²) in [6, 6.07) is 6.84. The zero-order valence-electron chi connectivity index (χ0n) is 11.9. The molecule has 3 nitrogen and oxygen atoms in total. The molecule has 1 aromatic rings. The summed E-state index contributed by atoms with van der Waals surface area (Å²) in [5.41, 5.74) is 2.18. The van der Waals surface area contributed by atoms with Gasteiger partial charge < -0.3 is 10.0 Å². The highest BCUT2D eigenvalue weighted by Crippen LogP contribution is 2.29. The van der Waals surface area contributed by atoms with Gasteiger partial charge in [-0.3, -0.25) is 4.90 Å². The van der Waals surface area contributed by atoms with Gasteiger partial charge in [0.15, 0.2) is 0 Å². The molecule has 0 aromatic heterocycles. The Kier molecular flexibility index (Phi) is 4.87. The predicted molar refractivity (Wildman–Crippen MR) is 83.7 cm³/mol. The van der Waals surface area contributed by atoms with Crippen molar-refractivity contribution in [2.45, 2.75) is 32.9 Å². The van der Waals surface area contributed by atoms with Gasteiger partial charge >= 0.3 is 0 Å². The van der Waals surface area contributed by atoms with E-state index in [9.17, 15) is 5.11 Å². The molecular weight excluding hydrogens is 304 g/mol. The summed E-state index contributed by atoms with van der Waals surface area (Å²) in [6.07, 6.45) is -0.431. The Morgan fingerprint density at radius 2 is 2.16 bits per heavy atom. The number of likely N-dealkylation sites (N-methyl/N-ethyl adjacent to an activating group) is 1. The number of rotatable bonds is 3. The molecular formula is C15H23BrN2O. The Bertz CT molecular complexity index is 436. The van der Waals surface area contributed by atoms with Gasteiger partial charge in [-0.25, -0.2) is 0 Å². The van der Waals surface area contributed by atoms with Crippen molar-refractivity contribution >= 4 is 21.6 Å². The number of benzene rings is 1. The molecule has 0 radical (unpaired) electrons. The van der Waals surface area contributed by atoms with Gasteiger partial charge in [0, 0.05) is 35.8 Å². The maximum absolute atomic E-state index is 9.66. The van der Waals surface area contributed by atoms with Crippen LogP contribution in [0.15, 0.2) is 22.7 Å².